The first-order valence-electron chi connectivity index (χ1n) is 14.7. The van der Waals surface area contributed by atoms with Gasteiger partial charge in [-0.2, -0.15) is 0 Å². The maximum absolute atomic E-state index is 11.2. The van der Waals surface area contributed by atoms with Crippen molar-refractivity contribution >= 4 is 21.9 Å². The first-order valence-corrected chi connectivity index (χ1v) is 16.6. The van der Waals surface area contributed by atoms with Crippen LogP contribution in [0.1, 0.15) is 96.9 Å². The van der Waals surface area contributed by atoms with Crippen molar-refractivity contribution < 1.29 is 17.9 Å². The van der Waals surface area contributed by atoms with E-state index in [4.69, 9.17) is 4.74 Å². The van der Waals surface area contributed by atoms with E-state index in [1.165, 1.54) is 49.1 Å². The van der Waals surface area contributed by atoms with Crippen LogP contribution >= 0.6 is 0 Å². The lowest BCUT2D eigenvalue weighted by Crippen LogP contribution is -2.21. The molecule has 42 heavy (non-hydrogen) atoms. The normalized spacial score (nSPS) is 11.1. The third-order valence-corrected chi connectivity index (χ3v) is 6.76. The van der Waals surface area contributed by atoms with Crippen LogP contribution < -0.4 is 0 Å². The van der Waals surface area contributed by atoms with E-state index in [0.717, 1.165) is 24.8 Å². The molecule has 0 radical (unpaired) electrons. The molecule has 0 aliphatic heterocycles. The zero-order valence-electron chi connectivity index (χ0n) is 27.2. The summed E-state index contributed by atoms with van der Waals surface area (Å²) in [5.41, 5.74) is 4.60. The van der Waals surface area contributed by atoms with E-state index in [1.807, 2.05) is 88.0 Å². The lowest BCUT2D eigenvalue weighted by Gasteiger charge is -2.17. The Morgan fingerprint density at radius 1 is 0.833 bits per heavy atom. The Balaban J connectivity index is 0.000000520. The number of pyridine rings is 2. The van der Waals surface area contributed by atoms with Gasteiger partial charge in [0.25, 0.3) is 0 Å². The van der Waals surface area contributed by atoms with E-state index in [2.05, 4.69) is 37.7 Å². The zero-order chi connectivity index (χ0) is 32.0. The number of aryl methyl sites for hydroxylation is 2. The number of fused-ring (bicyclic) bond motifs is 1. The van der Waals surface area contributed by atoms with E-state index in [1.54, 1.807) is 12.1 Å². The number of hydrogen-bond acceptors (Lipinski definition) is 6. The van der Waals surface area contributed by atoms with Gasteiger partial charge in [0.1, 0.15) is 5.60 Å². The van der Waals surface area contributed by atoms with Gasteiger partial charge in [0.2, 0.25) is 0 Å². The van der Waals surface area contributed by atoms with Crippen LogP contribution in [0, 0.1) is 0 Å². The molecule has 0 amide bonds. The highest BCUT2D eigenvalue weighted by Crippen LogP contribution is 2.22. The Morgan fingerprint density at radius 3 is 1.60 bits per heavy atom. The number of ether oxygens (including phenoxy) is 1. The molecule has 1 aromatic carbocycles. The number of aromatic nitrogens is 2. The van der Waals surface area contributed by atoms with Crippen LogP contribution in [0.5, 0.6) is 0 Å². The number of rotatable bonds is 5. The number of unbranched alkanes of at least 4 members (excludes halogenated alkanes) is 2. The second kappa shape index (κ2) is 21.4. The molecule has 0 bridgehead atoms. The molecule has 0 N–H and O–H groups in total. The van der Waals surface area contributed by atoms with Gasteiger partial charge in [0.05, 0.1) is 4.90 Å². The predicted molar refractivity (Wildman–Crippen MR) is 176 cm³/mol. The van der Waals surface area contributed by atoms with Crippen LogP contribution in [0.15, 0.2) is 78.2 Å². The van der Waals surface area contributed by atoms with Gasteiger partial charge in [0.15, 0.2) is 9.84 Å². The summed E-state index contributed by atoms with van der Waals surface area (Å²) in [6, 6.07) is 13.4. The third kappa shape index (κ3) is 19.7. The number of allylic oxidation sites excluding steroid dienone is 1. The van der Waals surface area contributed by atoms with E-state index >= 15 is 0 Å². The number of nitrogens with zero attached hydrogens (tertiary/aromatic N) is 2. The molecule has 2 aromatic heterocycles. The standard InChI is InChI=1S/C10H10O2S.2C7H9N.C6H12O2.C5H12/c1-13(11,12)10-6-5-8-3-2-4-9(8)7-10;2*1-2-7-3-5-8-6-4-7;1-5(7)8-6(2,3)4;1-3-5-4-2/h2,4-7H,3H2,1H3;2*3-6H,2H2,1H3;1-4H3;3-5H2,1-2H3. The summed E-state index contributed by atoms with van der Waals surface area (Å²) in [5, 5.41) is 0. The molecule has 6 nitrogen and oxygen atoms in total. The average molecular weight is 597 g/mol. The molecule has 1 aliphatic carbocycles. The Labute approximate surface area is 255 Å². The van der Waals surface area contributed by atoms with Crippen LogP contribution in [-0.4, -0.2) is 36.2 Å². The van der Waals surface area contributed by atoms with Gasteiger partial charge < -0.3 is 4.74 Å². The number of esters is 1. The van der Waals surface area contributed by atoms with E-state index in [9.17, 15) is 13.2 Å². The minimum Gasteiger partial charge on any atom is -0.460 e. The van der Waals surface area contributed by atoms with E-state index in [-0.39, 0.29) is 11.6 Å². The number of hydrogen-bond donors (Lipinski definition) is 0. The van der Waals surface area contributed by atoms with E-state index < -0.39 is 9.84 Å². The van der Waals surface area contributed by atoms with Crippen molar-refractivity contribution in [3.05, 3.63) is 95.6 Å². The molecule has 0 saturated carbocycles. The minimum absolute atomic E-state index is 0.225. The molecular weight excluding hydrogens is 544 g/mol. The van der Waals surface area contributed by atoms with Crippen molar-refractivity contribution in [2.24, 2.45) is 0 Å². The highest BCUT2D eigenvalue weighted by molar-refractivity contribution is 7.90. The molecule has 0 saturated heterocycles. The van der Waals surface area contributed by atoms with Crippen molar-refractivity contribution in [3.63, 3.8) is 0 Å². The fourth-order valence-electron chi connectivity index (χ4n) is 3.48. The van der Waals surface area contributed by atoms with Crippen LogP contribution in [0.2, 0.25) is 0 Å². The second-order valence-electron chi connectivity index (χ2n) is 10.7. The predicted octanol–water partition coefficient (Wildman–Crippen LogP) is 8.49. The number of carbonyl (C=O) groups is 1. The molecule has 0 fully saturated rings. The fraction of sp³-hybridized carbons (Fsp3) is 0.457. The van der Waals surface area contributed by atoms with Crippen molar-refractivity contribution in [3.8, 4) is 0 Å². The van der Waals surface area contributed by atoms with Crippen LogP contribution in [0.4, 0.5) is 0 Å². The van der Waals surface area contributed by atoms with Gasteiger partial charge in [-0.15, -0.1) is 0 Å². The molecule has 0 unspecified atom stereocenters. The largest absolute Gasteiger partial charge is 0.460 e. The summed E-state index contributed by atoms with van der Waals surface area (Å²) < 4.78 is 27.2. The monoisotopic (exact) mass is 596 g/mol. The third-order valence-electron chi connectivity index (χ3n) is 5.65. The molecular formula is C35H52N2O4S. The Hall–Kier alpha value is -3.32. The maximum Gasteiger partial charge on any atom is 0.303 e. The molecule has 0 atom stereocenters. The van der Waals surface area contributed by atoms with Gasteiger partial charge in [-0.25, -0.2) is 8.42 Å². The molecule has 232 valence electrons. The summed E-state index contributed by atoms with van der Waals surface area (Å²) in [4.78, 5) is 18.4. The van der Waals surface area contributed by atoms with Crippen LogP contribution in [-0.2, 0) is 38.6 Å². The van der Waals surface area contributed by atoms with Crippen LogP contribution in [0.3, 0.4) is 0 Å². The molecule has 0 spiro atoms. The summed E-state index contributed by atoms with van der Waals surface area (Å²) in [6.45, 7) is 15.6. The summed E-state index contributed by atoms with van der Waals surface area (Å²) in [7, 11) is -3.06. The second-order valence-corrected chi connectivity index (χ2v) is 12.7. The van der Waals surface area contributed by atoms with Crippen molar-refractivity contribution in [2.45, 2.75) is 104 Å². The number of sulfone groups is 1. The Bertz CT molecular complexity index is 1230. The Morgan fingerprint density at radius 2 is 1.31 bits per heavy atom. The number of benzene rings is 1. The molecule has 7 heteroatoms. The first kappa shape index (κ1) is 38.7. The van der Waals surface area contributed by atoms with Gasteiger partial charge >= 0.3 is 5.97 Å². The highest BCUT2D eigenvalue weighted by atomic mass is 32.2. The van der Waals surface area contributed by atoms with Gasteiger partial charge in [0, 0.05) is 38.0 Å². The summed E-state index contributed by atoms with van der Waals surface area (Å²) in [6.07, 6.45) is 19.7. The zero-order valence-corrected chi connectivity index (χ0v) is 28.0. The first-order chi connectivity index (χ1) is 19.8. The smallest absolute Gasteiger partial charge is 0.303 e. The van der Waals surface area contributed by atoms with Crippen molar-refractivity contribution in [1.29, 1.82) is 0 Å². The topological polar surface area (TPSA) is 86.2 Å². The van der Waals surface area contributed by atoms with Crippen molar-refractivity contribution in [1.82, 2.24) is 9.97 Å². The lowest BCUT2D eigenvalue weighted by molar-refractivity contribution is -0.151. The fourth-order valence-corrected chi connectivity index (χ4v) is 4.14. The van der Waals surface area contributed by atoms with Crippen molar-refractivity contribution in [2.75, 3.05) is 6.26 Å². The quantitative estimate of drug-likeness (QED) is 0.275. The summed E-state index contributed by atoms with van der Waals surface area (Å²) >= 11 is 0. The maximum atomic E-state index is 11.2. The lowest BCUT2D eigenvalue weighted by atomic mass is 10.1. The van der Waals surface area contributed by atoms with Gasteiger partial charge in [-0.05, 0) is 98.7 Å². The SMILES string of the molecule is CC(=O)OC(C)(C)C.CCCCC.CCc1ccncc1.CCc1ccncc1.CS(=O)(=O)c1ccc2c(c1)C=CC2. The minimum atomic E-state index is -3.06. The highest BCUT2D eigenvalue weighted by Gasteiger charge is 2.12. The molecule has 3 aromatic rings. The van der Waals surface area contributed by atoms with Gasteiger partial charge in [-0.1, -0.05) is 65.2 Å². The average Bonchev–Trinajstić information content (AvgIpc) is 3.42. The van der Waals surface area contributed by atoms with Crippen LogP contribution in [0.25, 0.3) is 6.08 Å². The molecule has 4 rings (SSSR count). The molecule has 1 aliphatic rings. The summed E-state index contributed by atoms with van der Waals surface area (Å²) in [5.74, 6) is -0.225. The molecule has 2 heterocycles. The van der Waals surface area contributed by atoms with Gasteiger partial charge in [-0.3, -0.25) is 14.8 Å². The number of carbonyl (C=O) groups excluding carboxylic acids is 1. The Kier molecular flexibility index (Phi) is 19.7. The van der Waals surface area contributed by atoms with E-state index in [0.29, 0.717) is 4.90 Å².